The lowest BCUT2D eigenvalue weighted by molar-refractivity contribution is 0.177. The van der Waals surface area contributed by atoms with Crippen LogP contribution in [-0.2, 0) is 6.54 Å². The van der Waals surface area contributed by atoms with Crippen LogP contribution in [0.1, 0.15) is 31.1 Å². The Morgan fingerprint density at radius 3 is 2.93 bits per heavy atom. The Morgan fingerprint density at radius 1 is 1.33 bits per heavy atom. The van der Waals surface area contributed by atoms with E-state index in [0.717, 1.165) is 42.8 Å². The largest absolute Gasteiger partial charge is 0.344 e. The first-order valence-electron chi connectivity index (χ1n) is 9.67. The number of thiophene rings is 1. The Balaban J connectivity index is 1.58. The summed E-state index contributed by atoms with van der Waals surface area (Å²) in [4.78, 5) is 6.18. The third-order valence-corrected chi connectivity index (χ3v) is 6.52. The minimum absolute atomic E-state index is 0.693. The molecule has 0 saturated carbocycles. The van der Waals surface area contributed by atoms with Gasteiger partial charge < -0.3 is 15.1 Å². The minimum atomic E-state index is 0.693. The van der Waals surface area contributed by atoms with Gasteiger partial charge in [0.05, 0.1) is 17.3 Å². The fourth-order valence-corrected chi connectivity index (χ4v) is 4.74. The summed E-state index contributed by atoms with van der Waals surface area (Å²) in [6, 6.07) is 12.0. The predicted molar refractivity (Wildman–Crippen MR) is 122 cm³/mol. The average Bonchev–Trinajstić information content (AvgIpc) is 3.16. The summed E-state index contributed by atoms with van der Waals surface area (Å²) < 4.78 is 0. The van der Waals surface area contributed by atoms with Crippen molar-refractivity contribution in [2.45, 2.75) is 32.7 Å². The highest BCUT2D eigenvalue weighted by Gasteiger charge is 2.17. The number of benzene rings is 1. The van der Waals surface area contributed by atoms with Crippen LogP contribution in [0.25, 0.3) is 0 Å². The Labute approximate surface area is 177 Å². The van der Waals surface area contributed by atoms with Gasteiger partial charge in [0.15, 0.2) is 5.11 Å². The van der Waals surface area contributed by atoms with E-state index in [2.05, 4.69) is 39.6 Å². The van der Waals surface area contributed by atoms with Gasteiger partial charge in [0.25, 0.3) is 0 Å². The molecule has 2 heterocycles. The highest BCUT2D eigenvalue weighted by Crippen LogP contribution is 2.22. The zero-order valence-corrected chi connectivity index (χ0v) is 18.3. The average molecular weight is 422 g/mol. The monoisotopic (exact) mass is 421 g/mol. The third-order valence-electron chi connectivity index (χ3n) is 4.97. The summed E-state index contributed by atoms with van der Waals surface area (Å²) in [7, 11) is 0. The maximum atomic E-state index is 6.29. The summed E-state index contributed by atoms with van der Waals surface area (Å²) >= 11 is 13.8. The summed E-state index contributed by atoms with van der Waals surface area (Å²) in [6.45, 7) is 7.74. The number of likely N-dealkylation sites (tertiary alicyclic amines) is 1. The number of piperidine rings is 1. The van der Waals surface area contributed by atoms with Crippen molar-refractivity contribution in [1.29, 1.82) is 0 Å². The molecule has 0 bridgehead atoms. The molecule has 1 aliphatic rings. The van der Waals surface area contributed by atoms with Gasteiger partial charge in [-0.05, 0) is 74.1 Å². The molecule has 3 rings (SSSR count). The Bertz CT molecular complexity index is 720. The Morgan fingerprint density at radius 2 is 2.19 bits per heavy atom. The molecule has 0 spiro atoms. The second-order valence-electron chi connectivity index (χ2n) is 7.31. The molecule has 1 saturated heterocycles. The first-order chi connectivity index (χ1) is 13.1. The van der Waals surface area contributed by atoms with Crippen LogP contribution in [0, 0.1) is 5.92 Å². The second kappa shape index (κ2) is 10.4. The molecule has 0 radical (unpaired) electrons. The van der Waals surface area contributed by atoms with Gasteiger partial charge in [0.2, 0.25) is 0 Å². The van der Waals surface area contributed by atoms with Crippen molar-refractivity contribution in [2.24, 2.45) is 5.92 Å². The maximum Gasteiger partial charge on any atom is 0.173 e. The lowest BCUT2D eigenvalue weighted by atomic mass is 10.0. The molecule has 1 aromatic carbocycles. The highest BCUT2D eigenvalue weighted by atomic mass is 35.5. The molecule has 3 nitrogen and oxygen atoms in total. The van der Waals surface area contributed by atoms with E-state index >= 15 is 0 Å². The van der Waals surface area contributed by atoms with Crippen LogP contribution in [0.15, 0.2) is 41.8 Å². The van der Waals surface area contributed by atoms with Gasteiger partial charge in [-0.15, -0.1) is 11.3 Å². The molecule has 0 amide bonds. The first kappa shape index (κ1) is 20.6. The van der Waals surface area contributed by atoms with Crippen molar-refractivity contribution in [3.05, 3.63) is 51.7 Å². The molecule has 27 heavy (non-hydrogen) atoms. The normalized spacial score (nSPS) is 17.6. The SMILES string of the molecule is C[C@@H]1CCCN(CCCN(Cc2cccs2)C(=S)Nc2ccccc2Cl)C1. The molecule has 1 fully saturated rings. The number of halogens is 1. The second-order valence-corrected chi connectivity index (χ2v) is 9.14. The van der Waals surface area contributed by atoms with Gasteiger partial charge in [-0.3, -0.25) is 0 Å². The van der Waals surface area contributed by atoms with Gasteiger partial charge in [0, 0.05) is 18.0 Å². The van der Waals surface area contributed by atoms with Crippen molar-refractivity contribution >= 4 is 46.0 Å². The number of hydrogen-bond acceptors (Lipinski definition) is 3. The van der Waals surface area contributed by atoms with Crippen molar-refractivity contribution in [2.75, 3.05) is 31.5 Å². The fourth-order valence-electron chi connectivity index (χ4n) is 3.57. The van der Waals surface area contributed by atoms with Crippen molar-refractivity contribution < 1.29 is 0 Å². The molecule has 6 heteroatoms. The van der Waals surface area contributed by atoms with Crippen molar-refractivity contribution in [1.82, 2.24) is 9.80 Å². The van der Waals surface area contributed by atoms with Gasteiger partial charge in [-0.25, -0.2) is 0 Å². The maximum absolute atomic E-state index is 6.29. The lowest BCUT2D eigenvalue weighted by Gasteiger charge is -2.32. The number of anilines is 1. The van der Waals surface area contributed by atoms with Crippen LogP contribution >= 0.6 is 35.2 Å². The van der Waals surface area contributed by atoms with Crippen molar-refractivity contribution in [3.63, 3.8) is 0 Å². The molecule has 0 unspecified atom stereocenters. The van der Waals surface area contributed by atoms with E-state index in [1.807, 2.05) is 24.3 Å². The zero-order valence-electron chi connectivity index (χ0n) is 15.9. The Kier molecular flexibility index (Phi) is 7.94. The van der Waals surface area contributed by atoms with Crippen LogP contribution in [0.2, 0.25) is 5.02 Å². The summed E-state index contributed by atoms with van der Waals surface area (Å²) in [5, 5.41) is 6.89. The zero-order chi connectivity index (χ0) is 19.1. The van der Waals surface area contributed by atoms with E-state index < -0.39 is 0 Å². The van der Waals surface area contributed by atoms with E-state index in [9.17, 15) is 0 Å². The number of nitrogens with zero attached hydrogens (tertiary/aromatic N) is 2. The quantitative estimate of drug-likeness (QED) is 0.575. The number of rotatable bonds is 7. The van der Waals surface area contributed by atoms with Crippen molar-refractivity contribution in [3.8, 4) is 0 Å². The van der Waals surface area contributed by atoms with E-state index in [1.54, 1.807) is 11.3 Å². The predicted octanol–water partition coefficient (Wildman–Crippen LogP) is 5.72. The van der Waals surface area contributed by atoms with E-state index in [-0.39, 0.29) is 0 Å². The molecule has 1 aliphatic heterocycles. The topological polar surface area (TPSA) is 18.5 Å². The first-order valence-corrected chi connectivity index (χ1v) is 11.3. The molecular weight excluding hydrogens is 394 g/mol. The van der Waals surface area contributed by atoms with E-state index in [4.69, 9.17) is 23.8 Å². The third kappa shape index (κ3) is 6.46. The lowest BCUT2D eigenvalue weighted by Crippen LogP contribution is -2.39. The van der Waals surface area contributed by atoms with Gasteiger partial charge >= 0.3 is 0 Å². The molecule has 2 aromatic rings. The molecule has 1 N–H and O–H groups in total. The molecular formula is C21H28ClN3S2. The Hall–Kier alpha value is -1.14. The highest BCUT2D eigenvalue weighted by molar-refractivity contribution is 7.80. The van der Waals surface area contributed by atoms with Crippen LogP contribution in [0.5, 0.6) is 0 Å². The minimum Gasteiger partial charge on any atom is -0.344 e. The standard InChI is InChI=1S/C21H28ClN3S2/c1-17-7-4-11-24(15-17)12-6-13-25(16-18-8-5-14-27-18)21(26)23-20-10-3-2-9-19(20)22/h2-3,5,8-10,14,17H,4,6-7,11-13,15-16H2,1H3,(H,23,26)/t17-/m1/s1. The molecule has 1 aromatic heterocycles. The van der Waals surface area contributed by atoms with Gasteiger partial charge in [0.1, 0.15) is 0 Å². The van der Waals surface area contributed by atoms with Gasteiger partial charge in [-0.2, -0.15) is 0 Å². The smallest absolute Gasteiger partial charge is 0.173 e. The number of thiocarbonyl (C=S) groups is 1. The van der Waals surface area contributed by atoms with Gasteiger partial charge in [-0.1, -0.05) is 36.7 Å². The van der Waals surface area contributed by atoms with Crippen LogP contribution in [0.4, 0.5) is 5.69 Å². The molecule has 0 aliphatic carbocycles. The van der Waals surface area contributed by atoms with Crippen LogP contribution in [-0.4, -0.2) is 41.1 Å². The summed E-state index contributed by atoms with van der Waals surface area (Å²) in [5.74, 6) is 0.823. The number of nitrogens with one attached hydrogen (secondary N) is 1. The number of para-hydroxylation sites is 1. The number of hydrogen-bond donors (Lipinski definition) is 1. The van der Waals surface area contributed by atoms with Crippen LogP contribution in [0.3, 0.4) is 0 Å². The van der Waals surface area contributed by atoms with E-state index in [0.29, 0.717) is 5.02 Å². The van der Waals surface area contributed by atoms with Crippen LogP contribution < -0.4 is 5.32 Å². The summed E-state index contributed by atoms with van der Waals surface area (Å²) in [5.41, 5.74) is 0.866. The summed E-state index contributed by atoms with van der Waals surface area (Å²) in [6.07, 6.45) is 3.81. The van der Waals surface area contributed by atoms with E-state index in [1.165, 1.54) is 30.8 Å². The molecule has 1 atom stereocenters. The molecule has 146 valence electrons. The fraction of sp³-hybridized carbons (Fsp3) is 0.476.